The average Bonchev–Trinajstić information content (AvgIpc) is 1.63. The van der Waals surface area contributed by atoms with Crippen LogP contribution in [0.2, 0.25) is 0 Å². The normalized spacial score (nSPS) is 8.80. The minimum atomic E-state index is -0.215. The molecule has 0 saturated heterocycles. The molecule has 0 atom stereocenters. The van der Waals surface area contributed by atoms with Gasteiger partial charge in [0.1, 0.15) is 0 Å². The molecule has 0 saturated carbocycles. The molecule has 0 rings (SSSR count). The Morgan fingerprint density at radius 2 is 2.10 bits per heavy atom. The number of carbonyl (C=O) groups excluding carboxylic acids is 1. The Balaban J connectivity index is 0. The first kappa shape index (κ1) is 12.4. The summed E-state index contributed by atoms with van der Waals surface area (Å²) in [6.07, 6.45) is 0.294. The lowest BCUT2D eigenvalue weighted by Gasteiger charge is -2.05. The van der Waals surface area contributed by atoms with E-state index in [4.69, 9.17) is 10.5 Å². The van der Waals surface area contributed by atoms with Gasteiger partial charge in [0.2, 0.25) is 0 Å². The zero-order valence-corrected chi connectivity index (χ0v) is 7.11. The Labute approximate surface area is 67.3 Å². The zero-order chi connectivity index (χ0) is 7.28. The second-order valence-electron chi connectivity index (χ2n) is 2.08. The van der Waals surface area contributed by atoms with Gasteiger partial charge in [-0.25, -0.2) is 0 Å². The molecule has 2 N–H and O–H groups in total. The molecule has 0 bridgehead atoms. The highest BCUT2D eigenvalue weighted by atomic mass is 35.5. The number of esters is 1. The molecule has 0 aromatic rings. The van der Waals surface area contributed by atoms with Crippen LogP contribution in [0.4, 0.5) is 0 Å². The van der Waals surface area contributed by atoms with E-state index >= 15 is 0 Å². The van der Waals surface area contributed by atoms with Gasteiger partial charge in [0.05, 0.1) is 12.5 Å². The molecule has 0 unspecified atom stereocenters. The fraction of sp³-hybridized carbons (Fsp3) is 0.833. The molecule has 0 aliphatic heterocycles. The Kier molecular flexibility index (Phi) is 8.48. The van der Waals surface area contributed by atoms with E-state index in [-0.39, 0.29) is 24.5 Å². The molecule has 0 heterocycles. The van der Waals surface area contributed by atoms with Crippen LogP contribution in [0.3, 0.4) is 0 Å². The maximum Gasteiger partial charge on any atom is 0.307 e. The highest BCUT2D eigenvalue weighted by Crippen LogP contribution is 1.90. The molecule has 0 aromatic carbocycles. The molecule has 0 radical (unpaired) electrons. The number of ether oxygens (including phenoxy) is 1. The first-order chi connectivity index (χ1) is 4.16. The first-order valence-corrected chi connectivity index (χ1v) is 3.06. The summed E-state index contributed by atoms with van der Waals surface area (Å²) in [4.78, 5) is 10.6. The van der Waals surface area contributed by atoms with Gasteiger partial charge in [-0.15, -0.1) is 12.4 Å². The molecular formula is C6H14ClNO2. The molecular weight excluding hydrogens is 154 g/mol. The highest BCUT2D eigenvalue weighted by Gasteiger charge is 2.01. The summed E-state index contributed by atoms with van der Waals surface area (Å²) in [6, 6.07) is 0. The minimum absolute atomic E-state index is 0. The van der Waals surface area contributed by atoms with Crippen molar-refractivity contribution in [1.29, 1.82) is 0 Å². The standard InChI is InChI=1S/C6H13NO2.ClH/c1-5(2)9-6(8)3-4-7;/h5H,3-4,7H2,1-2H3;1H. The lowest BCUT2D eigenvalue weighted by atomic mass is 10.4. The fourth-order valence-electron chi connectivity index (χ4n) is 0.440. The number of hydrogen-bond acceptors (Lipinski definition) is 3. The average molecular weight is 168 g/mol. The molecule has 10 heavy (non-hydrogen) atoms. The predicted molar refractivity (Wildman–Crippen MR) is 42.1 cm³/mol. The quantitative estimate of drug-likeness (QED) is 0.630. The van der Waals surface area contributed by atoms with Crippen molar-refractivity contribution in [2.75, 3.05) is 6.54 Å². The molecule has 3 nitrogen and oxygen atoms in total. The van der Waals surface area contributed by atoms with Gasteiger partial charge in [0, 0.05) is 6.54 Å². The smallest absolute Gasteiger partial charge is 0.307 e. The van der Waals surface area contributed by atoms with E-state index in [1.807, 2.05) is 13.8 Å². The lowest BCUT2D eigenvalue weighted by Crippen LogP contribution is -2.15. The van der Waals surface area contributed by atoms with Crippen molar-refractivity contribution in [3.63, 3.8) is 0 Å². The topological polar surface area (TPSA) is 52.3 Å². The van der Waals surface area contributed by atoms with Gasteiger partial charge in [-0.1, -0.05) is 0 Å². The zero-order valence-electron chi connectivity index (χ0n) is 6.29. The van der Waals surface area contributed by atoms with Crippen LogP contribution in [-0.4, -0.2) is 18.6 Å². The van der Waals surface area contributed by atoms with Gasteiger partial charge in [0.15, 0.2) is 0 Å². The summed E-state index contributed by atoms with van der Waals surface area (Å²) >= 11 is 0. The van der Waals surface area contributed by atoms with Gasteiger partial charge in [-0.3, -0.25) is 4.79 Å². The monoisotopic (exact) mass is 167 g/mol. The van der Waals surface area contributed by atoms with Gasteiger partial charge in [-0.05, 0) is 13.8 Å². The number of carbonyl (C=O) groups is 1. The third kappa shape index (κ3) is 7.72. The van der Waals surface area contributed by atoms with E-state index in [0.29, 0.717) is 13.0 Å². The predicted octanol–water partition coefficient (Wildman–Crippen LogP) is 0.709. The molecule has 0 aromatic heterocycles. The third-order valence-corrected chi connectivity index (χ3v) is 0.716. The maximum absolute atomic E-state index is 10.6. The lowest BCUT2D eigenvalue weighted by molar-refractivity contribution is -0.147. The summed E-state index contributed by atoms with van der Waals surface area (Å²) in [5.41, 5.74) is 5.10. The van der Waals surface area contributed by atoms with Crippen LogP contribution in [0.15, 0.2) is 0 Å². The van der Waals surface area contributed by atoms with Gasteiger partial charge < -0.3 is 10.5 Å². The molecule has 0 aliphatic rings. The van der Waals surface area contributed by atoms with Crippen LogP contribution in [0.25, 0.3) is 0 Å². The molecule has 4 heteroatoms. The first-order valence-electron chi connectivity index (χ1n) is 3.06. The second-order valence-corrected chi connectivity index (χ2v) is 2.08. The second kappa shape index (κ2) is 6.83. The molecule has 0 amide bonds. The van der Waals surface area contributed by atoms with Crippen molar-refractivity contribution in [2.24, 2.45) is 5.73 Å². The van der Waals surface area contributed by atoms with Gasteiger partial charge in [-0.2, -0.15) is 0 Å². The van der Waals surface area contributed by atoms with E-state index in [2.05, 4.69) is 0 Å². The van der Waals surface area contributed by atoms with Crippen LogP contribution in [0.1, 0.15) is 20.3 Å². The summed E-state index contributed by atoms with van der Waals surface area (Å²) in [6.45, 7) is 3.99. The van der Waals surface area contributed by atoms with Crippen LogP contribution in [-0.2, 0) is 9.53 Å². The van der Waals surface area contributed by atoms with Gasteiger partial charge >= 0.3 is 5.97 Å². The maximum atomic E-state index is 10.6. The number of nitrogens with two attached hydrogens (primary N) is 1. The van der Waals surface area contributed by atoms with Crippen molar-refractivity contribution in [3.05, 3.63) is 0 Å². The summed E-state index contributed by atoms with van der Waals surface area (Å²) < 4.78 is 4.77. The molecule has 62 valence electrons. The van der Waals surface area contributed by atoms with Gasteiger partial charge in [0.25, 0.3) is 0 Å². The van der Waals surface area contributed by atoms with Crippen molar-refractivity contribution in [1.82, 2.24) is 0 Å². The third-order valence-electron chi connectivity index (χ3n) is 0.716. The Morgan fingerprint density at radius 1 is 1.60 bits per heavy atom. The van der Waals surface area contributed by atoms with Crippen molar-refractivity contribution in [2.45, 2.75) is 26.4 Å². The number of rotatable bonds is 3. The number of hydrogen-bond donors (Lipinski definition) is 1. The Hall–Kier alpha value is -0.280. The summed E-state index contributed by atoms with van der Waals surface area (Å²) in [5.74, 6) is -0.215. The van der Waals surface area contributed by atoms with Crippen molar-refractivity contribution < 1.29 is 9.53 Å². The van der Waals surface area contributed by atoms with Crippen molar-refractivity contribution >= 4 is 18.4 Å². The van der Waals surface area contributed by atoms with Crippen LogP contribution < -0.4 is 5.73 Å². The molecule has 0 spiro atoms. The van der Waals surface area contributed by atoms with E-state index in [0.717, 1.165) is 0 Å². The van der Waals surface area contributed by atoms with E-state index < -0.39 is 0 Å². The summed E-state index contributed by atoms with van der Waals surface area (Å²) in [7, 11) is 0. The molecule has 0 fully saturated rings. The van der Waals surface area contributed by atoms with Crippen molar-refractivity contribution in [3.8, 4) is 0 Å². The largest absolute Gasteiger partial charge is 0.463 e. The number of halogens is 1. The Bertz CT molecular complexity index is 95.7. The molecule has 0 aliphatic carbocycles. The summed E-state index contributed by atoms with van der Waals surface area (Å²) in [5, 5.41) is 0. The van der Waals surface area contributed by atoms with Crippen LogP contribution in [0, 0.1) is 0 Å². The minimum Gasteiger partial charge on any atom is -0.463 e. The van der Waals surface area contributed by atoms with Crippen LogP contribution in [0.5, 0.6) is 0 Å². The highest BCUT2D eigenvalue weighted by molar-refractivity contribution is 5.85. The van der Waals surface area contributed by atoms with E-state index in [1.165, 1.54) is 0 Å². The fourth-order valence-corrected chi connectivity index (χ4v) is 0.440. The van der Waals surface area contributed by atoms with E-state index in [9.17, 15) is 4.79 Å². The SMILES string of the molecule is CC(C)OC(=O)CCN.Cl. The van der Waals surface area contributed by atoms with Crippen LogP contribution >= 0.6 is 12.4 Å². The Morgan fingerprint density at radius 3 is 2.40 bits per heavy atom. The van der Waals surface area contributed by atoms with E-state index in [1.54, 1.807) is 0 Å².